The van der Waals surface area contributed by atoms with Gasteiger partial charge in [-0.15, -0.1) is 0 Å². The summed E-state index contributed by atoms with van der Waals surface area (Å²) < 4.78 is 19.0. The lowest BCUT2D eigenvalue weighted by atomic mass is 9.63. The predicted molar refractivity (Wildman–Crippen MR) is 121 cm³/mol. The highest BCUT2D eigenvalue weighted by Crippen LogP contribution is 2.66. The molecule has 1 heterocycles. The Kier molecular flexibility index (Phi) is 6.00. The molecule has 3 atom stereocenters. The Labute approximate surface area is 170 Å². The number of fused-ring (bicyclic) bond motifs is 1. The van der Waals surface area contributed by atoms with Gasteiger partial charge in [0, 0.05) is 26.0 Å². The highest BCUT2D eigenvalue weighted by molar-refractivity contribution is 6.76. The molecule has 1 saturated heterocycles. The zero-order valence-electron chi connectivity index (χ0n) is 19.8. The molecule has 0 aromatic rings. The van der Waals surface area contributed by atoms with Crippen LogP contribution in [-0.2, 0) is 13.9 Å². The van der Waals surface area contributed by atoms with E-state index >= 15 is 0 Å². The molecular weight excluding hydrogens is 368 g/mol. The molecule has 158 valence electrons. The molecule has 0 radical (unpaired) electrons. The van der Waals surface area contributed by atoms with E-state index in [0.717, 1.165) is 19.4 Å². The van der Waals surface area contributed by atoms with Crippen LogP contribution in [0.4, 0.5) is 0 Å². The Balaban J connectivity index is 2.04. The predicted octanol–water partition coefficient (Wildman–Crippen LogP) is 6.59. The lowest BCUT2D eigenvalue weighted by molar-refractivity contribution is 0.0577. The molecule has 2 fully saturated rings. The van der Waals surface area contributed by atoms with Crippen LogP contribution >= 0.6 is 0 Å². The van der Waals surface area contributed by atoms with Gasteiger partial charge in [0.15, 0.2) is 8.32 Å². The SMILES string of the molecule is CC1(C)C[C@H](O[Si](C)(C)C(C)(C)C)C[C@@]2(C)O[C@@]12/C=C/OCC[Si](C)(C)C. The zero-order chi connectivity index (χ0) is 20.9. The van der Waals surface area contributed by atoms with E-state index in [-0.39, 0.29) is 27.8 Å². The topological polar surface area (TPSA) is 31.0 Å². The Morgan fingerprint density at radius 2 is 1.63 bits per heavy atom. The van der Waals surface area contributed by atoms with E-state index in [4.69, 9.17) is 13.9 Å². The van der Waals surface area contributed by atoms with Crippen LogP contribution in [0.15, 0.2) is 12.3 Å². The second-order valence-corrected chi connectivity index (χ2v) is 22.7. The van der Waals surface area contributed by atoms with Gasteiger partial charge in [0.2, 0.25) is 0 Å². The van der Waals surface area contributed by atoms with Gasteiger partial charge in [-0.25, -0.2) is 0 Å². The molecule has 0 bridgehead atoms. The Bertz CT molecular complexity index is 571. The van der Waals surface area contributed by atoms with E-state index in [1.165, 1.54) is 6.04 Å². The minimum absolute atomic E-state index is 0.0334. The van der Waals surface area contributed by atoms with E-state index in [1.54, 1.807) is 0 Å². The highest BCUT2D eigenvalue weighted by Gasteiger charge is 2.75. The van der Waals surface area contributed by atoms with Crippen molar-refractivity contribution in [2.75, 3.05) is 6.61 Å². The van der Waals surface area contributed by atoms with E-state index in [1.807, 2.05) is 6.26 Å². The molecule has 0 aromatic heterocycles. The van der Waals surface area contributed by atoms with E-state index in [0.29, 0.717) is 0 Å². The maximum absolute atomic E-state index is 6.77. The Morgan fingerprint density at radius 3 is 2.11 bits per heavy atom. The minimum Gasteiger partial charge on any atom is -0.502 e. The van der Waals surface area contributed by atoms with Gasteiger partial charge in [0.05, 0.1) is 12.9 Å². The molecule has 0 aromatic carbocycles. The molecule has 2 aliphatic rings. The molecule has 0 amide bonds. The van der Waals surface area contributed by atoms with Crippen LogP contribution in [0.5, 0.6) is 0 Å². The molecule has 2 rings (SSSR count). The number of ether oxygens (including phenoxy) is 2. The molecule has 27 heavy (non-hydrogen) atoms. The van der Waals surface area contributed by atoms with Crippen LogP contribution in [0.1, 0.15) is 54.4 Å². The monoisotopic (exact) mass is 412 g/mol. The quantitative estimate of drug-likeness (QED) is 0.204. The van der Waals surface area contributed by atoms with Gasteiger partial charge in [-0.05, 0) is 43.6 Å². The van der Waals surface area contributed by atoms with Crippen LogP contribution in [-0.4, -0.2) is 40.3 Å². The lowest BCUT2D eigenvalue weighted by Gasteiger charge is -2.45. The van der Waals surface area contributed by atoms with Gasteiger partial charge in [-0.2, -0.15) is 0 Å². The minimum atomic E-state index is -1.77. The summed E-state index contributed by atoms with van der Waals surface area (Å²) in [6.45, 7) is 26.5. The van der Waals surface area contributed by atoms with E-state index < -0.39 is 16.4 Å². The average Bonchev–Trinajstić information content (AvgIpc) is 3.01. The van der Waals surface area contributed by atoms with Crippen LogP contribution < -0.4 is 0 Å². The zero-order valence-corrected chi connectivity index (χ0v) is 21.8. The van der Waals surface area contributed by atoms with Crippen LogP contribution in [0, 0.1) is 5.41 Å². The first-order valence-electron chi connectivity index (χ1n) is 10.6. The molecule has 3 nitrogen and oxygen atoms in total. The van der Waals surface area contributed by atoms with Crippen molar-refractivity contribution in [2.45, 2.75) is 116 Å². The normalized spacial score (nSPS) is 33.8. The third kappa shape index (κ3) is 4.73. The van der Waals surface area contributed by atoms with Crippen molar-refractivity contribution < 1.29 is 13.9 Å². The third-order valence-electron chi connectivity index (χ3n) is 7.13. The van der Waals surface area contributed by atoms with Crippen molar-refractivity contribution in [1.82, 2.24) is 0 Å². The fourth-order valence-electron chi connectivity index (χ4n) is 4.29. The van der Waals surface area contributed by atoms with Gasteiger partial charge in [0.25, 0.3) is 0 Å². The van der Waals surface area contributed by atoms with Crippen molar-refractivity contribution in [3.63, 3.8) is 0 Å². The fourth-order valence-corrected chi connectivity index (χ4v) is 6.38. The van der Waals surface area contributed by atoms with Crippen molar-refractivity contribution in [3.05, 3.63) is 12.3 Å². The van der Waals surface area contributed by atoms with Gasteiger partial charge in [-0.1, -0.05) is 54.3 Å². The molecule has 1 aliphatic heterocycles. The number of hydrogen-bond acceptors (Lipinski definition) is 3. The van der Waals surface area contributed by atoms with Gasteiger partial charge >= 0.3 is 0 Å². The van der Waals surface area contributed by atoms with Gasteiger partial charge in [0.1, 0.15) is 11.2 Å². The molecule has 0 N–H and O–H groups in total. The molecule has 1 aliphatic carbocycles. The van der Waals surface area contributed by atoms with Crippen LogP contribution in [0.25, 0.3) is 0 Å². The Morgan fingerprint density at radius 1 is 1.04 bits per heavy atom. The van der Waals surface area contributed by atoms with Crippen molar-refractivity contribution in [3.8, 4) is 0 Å². The third-order valence-corrected chi connectivity index (χ3v) is 13.4. The van der Waals surface area contributed by atoms with Gasteiger partial charge < -0.3 is 13.9 Å². The summed E-state index contributed by atoms with van der Waals surface area (Å²) in [6, 6.07) is 1.19. The highest BCUT2D eigenvalue weighted by atomic mass is 28.4. The average molecular weight is 413 g/mol. The van der Waals surface area contributed by atoms with Crippen molar-refractivity contribution in [1.29, 1.82) is 0 Å². The largest absolute Gasteiger partial charge is 0.502 e. The molecule has 1 saturated carbocycles. The Hall–Kier alpha value is -0.106. The van der Waals surface area contributed by atoms with Crippen molar-refractivity contribution in [2.24, 2.45) is 5.41 Å². The van der Waals surface area contributed by atoms with E-state index in [9.17, 15) is 0 Å². The summed E-state index contributed by atoms with van der Waals surface area (Å²) in [5.74, 6) is 0. The van der Waals surface area contributed by atoms with E-state index in [2.05, 4.69) is 80.4 Å². The standard InChI is InChI=1S/C22H44O3Si2/c1-19(2,3)27(10,11)24-18-16-20(4,5)22(21(6,17-18)25-22)12-13-23-14-15-26(7,8)9/h12-13,18H,14-17H2,1-11H3/b13-12+/t18-,21+,22-/m0/s1. The van der Waals surface area contributed by atoms with Crippen LogP contribution in [0.2, 0.25) is 43.8 Å². The summed E-state index contributed by atoms with van der Waals surface area (Å²) in [6.07, 6.45) is 6.39. The summed E-state index contributed by atoms with van der Waals surface area (Å²) in [5, 5.41) is 0.237. The molecular formula is C22H44O3Si2. The lowest BCUT2D eigenvalue weighted by Crippen LogP contribution is -2.51. The number of hydrogen-bond donors (Lipinski definition) is 0. The molecule has 5 heteroatoms. The summed E-state index contributed by atoms with van der Waals surface area (Å²) in [4.78, 5) is 0. The second kappa shape index (κ2) is 7.00. The second-order valence-electron chi connectivity index (χ2n) is 12.3. The summed E-state index contributed by atoms with van der Waals surface area (Å²) >= 11 is 0. The smallest absolute Gasteiger partial charge is 0.192 e. The number of rotatable bonds is 7. The van der Waals surface area contributed by atoms with Crippen LogP contribution in [0.3, 0.4) is 0 Å². The van der Waals surface area contributed by atoms with Crippen molar-refractivity contribution >= 4 is 16.4 Å². The molecule has 0 spiro atoms. The maximum atomic E-state index is 6.77. The first-order valence-corrected chi connectivity index (χ1v) is 17.2. The maximum Gasteiger partial charge on any atom is 0.192 e. The van der Waals surface area contributed by atoms with Gasteiger partial charge in [-0.3, -0.25) is 0 Å². The fraction of sp³-hybridized carbons (Fsp3) is 0.909. The first-order chi connectivity index (χ1) is 11.9. The first kappa shape index (κ1) is 23.2. The summed E-state index contributed by atoms with van der Waals surface area (Å²) in [7, 11) is -2.82. The summed E-state index contributed by atoms with van der Waals surface area (Å²) in [5.41, 5.74) is -0.321. The number of epoxide rings is 1. The molecule has 0 unspecified atom stereocenters.